The topological polar surface area (TPSA) is 77.5 Å². The summed E-state index contributed by atoms with van der Waals surface area (Å²) in [6, 6.07) is 23.2. The first-order valence-corrected chi connectivity index (χ1v) is 15.9. The second-order valence-corrected chi connectivity index (χ2v) is 12.9. The number of fused-ring (bicyclic) bond motifs is 2. The number of nitrogens with zero attached hydrogens (tertiary/aromatic N) is 5. The number of carbonyl (C=O) groups is 2. The van der Waals surface area contributed by atoms with Crippen molar-refractivity contribution in [3.8, 4) is 22.5 Å². The Labute approximate surface area is 257 Å². The van der Waals surface area contributed by atoms with E-state index in [1.165, 1.54) is 10.9 Å². The Morgan fingerprint density at radius 1 is 0.818 bits per heavy atom. The van der Waals surface area contributed by atoms with Crippen molar-refractivity contribution in [3.63, 3.8) is 0 Å². The zero-order chi connectivity index (χ0) is 29.8. The number of rotatable bonds is 6. The molecule has 0 bridgehead atoms. The van der Waals surface area contributed by atoms with Gasteiger partial charge in [0.15, 0.2) is 0 Å². The van der Waals surface area contributed by atoms with Gasteiger partial charge in [-0.15, -0.1) is 0 Å². The molecule has 0 unspecified atom stereocenters. The van der Waals surface area contributed by atoms with Crippen molar-refractivity contribution in [1.29, 1.82) is 0 Å². The van der Waals surface area contributed by atoms with Crippen molar-refractivity contribution < 1.29 is 9.59 Å². The molecule has 0 radical (unpaired) electrons. The third kappa shape index (κ3) is 5.07. The van der Waals surface area contributed by atoms with Gasteiger partial charge in [0.2, 0.25) is 5.91 Å². The predicted molar refractivity (Wildman–Crippen MR) is 173 cm³/mol. The number of aromatic nitrogens is 3. The molecule has 4 heterocycles. The number of piperazine rings is 1. The number of aromatic amines is 1. The molecule has 3 fully saturated rings. The summed E-state index contributed by atoms with van der Waals surface area (Å²) >= 11 is 0. The highest BCUT2D eigenvalue weighted by atomic mass is 16.2. The summed E-state index contributed by atoms with van der Waals surface area (Å²) in [5, 5.41) is 1.20. The van der Waals surface area contributed by atoms with Gasteiger partial charge in [0.05, 0.1) is 11.0 Å². The maximum atomic E-state index is 13.5. The van der Waals surface area contributed by atoms with Gasteiger partial charge >= 0.3 is 0 Å². The zero-order valence-corrected chi connectivity index (χ0v) is 25.2. The maximum Gasteiger partial charge on any atom is 0.254 e. The van der Waals surface area contributed by atoms with Crippen molar-refractivity contribution in [3.05, 3.63) is 78.5 Å². The van der Waals surface area contributed by atoms with Crippen LogP contribution in [-0.4, -0.2) is 87.4 Å². The Bertz CT molecular complexity index is 1860. The van der Waals surface area contributed by atoms with Gasteiger partial charge in [-0.05, 0) is 79.1 Å². The fourth-order valence-electron chi connectivity index (χ4n) is 6.92. The fraction of sp³-hybridized carbons (Fsp3) is 0.361. The molecule has 1 saturated carbocycles. The number of hydrogen-bond donors (Lipinski definition) is 1. The largest absolute Gasteiger partial charge is 0.361 e. The van der Waals surface area contributed by atoms with Crippen LogP contribution in [0.25, 0.3) is 44.5 Å². The van der Waals surface area contributed by atoms with Crippen LogP contribution >= 0.6 is 0 Å². The Morgan fingerprint density at radius 3 is 2.39 bits per heavy atom. The number of amides is 2. The van der Waals surface area contributed by atoms with Crippen LogP contribution in [0.1, 0.15) is 29.6 Å². The Kier molecular flexibility index (Phi) is 6.74. The van der Waals surface area contributed by atoms with E-state index in [0.717, 1.165) is 98.6 Å². The third-order valence-electron chi connectivity index (χ3n) is 9.78. The van der Waals surface area contributed by atoms with Crippen LogP contribution in [-0.2, 0) is 11.3 Å². The van der Waals surface area contributed by atoms with Gasteiger partial charge < -0.3 is 24.3 Å². The smallest absolute Gasteiger partial charge is 0.254 e. The van der Waals surface area contributed by atoms with Crippen molar-refractivity contribution in [1.82, 2.24) is 29.2 Å². The molecule has 5 aromatic rings. The minimum absolute atomic E-state index is 0.0831. The molecule has 1 atom stereocenters. The summed E-state index contributed by atoms with van der Waals surface area (Å²) in [5.41, 5.74) is 7.06. The minimum atomic E-state index is 0.0831. The van der Waals surface area contributed by atoms with Crippen molar-refractivity contribution in [2.45, 2.75) is 25.8 Å². The van der Waals surface area contributed by atoms with E-state index in [1.807, 2.05) is 29.3 Å². The normalized spacial score (nSPS) is 19.3. The number of nitrogens with one attached hydrogen (secondary N) is 1. The van der Waals surface area contributed by atoms with Gasteiger partial charge in [0, 0.05) is 74.6 Å². The van der Waals surface area contributed by atoms with Crippen molar-refractivity contribution in [2.24, 2.45) is 11.8 Å². The van der Waals surface area contributed by atoms with Crippen LogP contribution in [0.15, 0.2) is 72.9 Å². The first-order chi connectivity index (χ1) is 21.5. The van der Waals surface area contributed by atoms with E-state index in [4.69, 9.17) is 4.98 Å². The first kappa shape index (κ1) is 27.1. The van der Waals surface area contributed by atoms with Crippen LogP contribution in [0.3, 0.4) is 0 Å². The van der Waals surface area contributed by atoms with Crippen LogP contribution in [0.4, 0.5) is 0 Å². The zero-order valence-electron chi connectivity index (χ0n) is 25.2. The van der Waals surface area contributed by atoms with Crippen molar-refractivity contribution >= 4 is 33.8 Å². The lowest BCUT2D eigenvalue weighted by molar-refractivity contribution is -0.131. The van der Waals surface area contributed by atoms with E-state index in [9.17, 15) is 9.59 Å². The van der Waals surface area contributed by atoms with E-state index in [2.05, 4.69) is 74.9 Å². The van der Waals surface area contributed by atoms with Crippen molar-refractivity contribution in [2.75, 3.05) is 46.3 Å². The van der Waals surface area contributed by atoms with Crippen LogP contribution in [0.2, 0.25) is 0 Å². The Morgan fingerprint density at radius 2 is 1.59 bits per heavy atom. The second kappa shape index (κ2) is 10.9. The van der Waals surface area contributed by atoms with E-state index in [-0.39, 0.29) is 11.8 Å². The number of imidazole rings is 1. The maximum absolute atomic E-state index is 13.5. The molecule has 8 heteroatoms. The lowest BCUT2D eigenvalue weighted by Crippen LogP contribution is -2.47. The van der Waals surface area contributed by atoms with E-state index < -0.39 is 0 Å². The number of likely N-dealkylation sites (tertiary alicyclic amines) is 1. The standard InChI is InChI=1S/C36H38N6O2/c1-39-16-18-40(19-17-39)36(44)30-10-11-31-33(21-30)42(23-24-13-15-41(22-24)35(43)28-7-8-28)34(38-31)27-5-2-25(3-6-27)29-9-4-26-12-14-37-32(26)20-29/h2-6,9-12,14,20-21,24,28,37H,7-8,13,15-19,22-23H2,1H3/t24-/m1/s1. The molecule has 224 valence electrons. The third-order valence-corrected chi connectivity index (χ3v) is 9.78. The number of likely N-dealkylation sites (N-methyl/N-ethyl adjacent to an activating group) is 1. The quantitative estimate of drug-likeness (QED) is 0.285. The average Bonchev–Trinajstić information content (AvgIpc) is 3.45. The average molecular weight is 587 g/mol. The van der Waals surface area contributed by atoms with Gasteiger partial charge in [0.25, 0.3) is 5.91 Å². The predicted octanol–water partition coefficient (Wildman–Crippen LogP) is 5.50. The molecular weight excluding hydrogens is 548 g/mol. The molecule has 2 aliphatic heterocycles. The summed E-state index contributed by atoms with van der Waals surface area (Å²) in [6.07, 6.45) is 5.03. The molecule has 2 aromatic heterocycles. The van der Waals surface area contributed by atoms with Gasteiger partial charge in [-0.25, -0.2) is 4.98 Å². The van der Waals surface area contributed by atoms with Gasteiger partial charge in [-0.3, -0.25) is 9.59 Å². The highest BCUT2D eigenvalue weighted by Gasteiger charge is 2.37. The summed E-state index contributed by atoms with van der Waals surface area (Å²) in [5.74, 6) is 1.91. The number of hydrogen-bond acceptors (Lipinski definition) is 4. The molecule has 1 N–H and O–H groups in total. The van der Waals surface area contributed by atoms with E-state index >= 15 is 0 Å². The highest BCUT2D eigenvalue weighted by molar-refractivity contribution is 5.98. The fourth-order valence-corrected chi connectivity index (χ4v) is 6.92. The van der Waals surface area contributed by atoms with E-state index in [0.29, 0.717) is 17.4 Å². The SMILES string of the molecule is CN1CCN(C(=O)c2ccc3nc(-c4ccc(-c5ccc6cc[nH]c6c5)cc4)n(C[C@@H]4CCN(C(=O)C5CC5)C4)c3c2)CC1. The van der Waals surface area contributed by atoms with Gasteiger partial charge in [0.1, 0.15) is 5.82 Å². The van der Waals surface area contributed by atoms with Crippen LogP contribution in [0.5, 0.6) is 0 Å². The van der Waals surface area contributed by atoms with Gasteiger partial charge in [-0.2, -0.15) is 0 Å². The molecule has 1 aliphatic carbocycles. The monoisotopic (exact) mass is 586 g/mol. The number of H-pyrrole nitrogens is 1. The van der Waals surface area contributed by atoms with E-state index in [1.54, 1.807) is 0 Å². The molecule has 0 spiro atoms. The highest BCUT2D eigenvalue weighted by Crippen LogP contribution is 2.35. The molecule has 3 aromatic carbocycles. The summed E-state index contributed by atoms with van der Waals surface area (Å²) in [4.78, 5) is 41.1. The van der Waals surface area contributed by atoms with Crippen LogP contribution < -0.4 is 0 Å². The Hall–Kier alpha value is -4.43. The molecule has 2 saturated heterocycles. The molecule has 8 nitrogen and oxygen atoms in total. The lowest BCUT2D eigenvalue weighted by Gasteiger charge is -2.32. The van der Waals surface area contributed by atoms with Crippen LogP contribution in [0, 0.1) is 11.8 Å². The first-order valence-electron chi connectivity index (χ1n) is 15.9. The lowest BCUT2D eigenvalue weighted by atomic mass is 10.0. The summed E-state index contributed by atoms with van der Waals surface area (Å²) in [7, 11) is 2.10. The molecule has 2 amide bonds. The molecule has 8 rings (SSSR count). The number of benzene rings is 3. The Balaban J connectivity index is 1.13. The minimum Gasteiger partial charge on any atom is -0.361 e. The summed E-state index contributed by atoms with van der Waals surface area (Å²) in [6.45, 7) is 5.65. The van der Waals surface area contributed by atoms with Gasteiger partial charge in [-0.1, -0.05) is 36.4 Å². The number of carbonyl (C=O) groups excluding carboxylic acids is 2. The molecule has 3 aliphatic rings. The second-order valence-electron chi connectivity index (χ2n) is 12.9. The molecule has 44 heavy (non-hydrogen) atoms. The molecular formula is C36H38N6O2. The summed E-state index contributed by atoms with van der Waals surface area (Å²) < 4.78 is 2.30.